The molecule has 3 amide bonds. The topological polar surface area (TPSA) is 124 Å². The molecule has 2 rings (SSSR count). The Balaban J connectivity index is 1.97. The van der Waals surface area contributed by atoms with Crippen molar-refractivity contribution in [3.05, 3.63) is 18.1 Å². The molecular formula is C10H10N4O4S. The third kappa shape index (κ3) is 3.35. The Morgan fingerprint density at radius 3 is 2.89 bits per heavy atom. The molecule has 0 aromatic carbocycles. The zero-order valence-electron chi connectivity index (χ0n) is 9.87. The maximum atomic E-state index is 11.2. The highest BCUT2D eigenvalue weighted by atomic mass is 32.2. The number of nitrogens with one attached hydrogen (secondary N) is 1. The number of hydrogen-bond donors (Lipinski definition) is 2. The highest BCUT2D eigenvalue weighted by Crippen LogP contribution is 2.25. The summed E-state index contributed by atoms with van der Waals surface area (Å²) >= 11 is 1.00. The fourth-order valence-electron chi connectivity index (χ4n) is 1.28. The molecule has 0 bridgehead atoms. The van der Waals surface area contributed by atoms with Crippen molar-refractivity contribution in [1.82, 2.24) is 15.5 Å². The summed E-state index contributed by atoms with van der Waals surface area (Å²) in [4.78, 5) is 21.6. The minimum atomic E-state index is -0.897. The van der Waals surface area contributed by atoms with Crippen molar-refractivity contribution in [3.63, 3.8) is 0 Å². The van der Waals surface area contributed by atoms with Crippen molar-refractivity contribution in [2.24, 2.45) is 5.73 Å². The van der Waals surface area contributed by atoms with Gasteiger partial charge in [-0.1, -0.05) is 11.8 Å². The first kappa shape index (κ1) is 13.1. The SMILES string of the molecule is Cc1occc1-c1nnc(SCC(=O)NC(N)=O)o1. The van der Waals surface area contributed by atoms with Gasteiger partial charge < -0.3 is 14.6 Å². The molecule has 8 nitrogen and oxygen atoms in total. The summed E-state index contributed by atoms with van der Waals surface area (Å²) in [5, 5.41) is 9.76. The summed E-state index contributed by atoms with van der Waals surface area (Å²) in [6, 6.07) is 0.808. The van der Waals surface area contributed by atoms with Crippen molar-refractivity contribution in [2.75, 3.05) is 5.75 Å². The fraction of sp³-hybridized carbons (Fsp3) is 0.200. The summed E-state index contributed by atoms with van der Waals surface area (Å²) in [6.45, 7) is 1.77. The zero-order chi connectivity index (χ0) is 13.8. The van der Waals surface area contributed by atoms with E-state index < -0.39 is 11.9 Å². The molecule has 2 heterocycles. The molecule has 9 heteroatoms. The highest BCUT2D eigenvalue weighted by molar-refractivity contribution is 7.99. The number of primary amides is 1. The Bertz CT molecular complexity index is 606. The molecule has 2 aromatic heterocycles. The second-order valence-electron chi connectivity index (χ2n) is 3.46. The number of nitrogens with two attached hydrogens (primary N) is 1. The van der Waals surface area contributed by atoms with E-state index in [0.29, 0.717) is 17.2 Å². The minimum absolute atomic E-state index is 0.0467. The van der Waals surface area contributed by atoms with Crippen LogP contribution in [0.1, 0.15) is 5.76 Å². The van der Waals surface area contributed by atoms with Gasteiger partial charge in [-0.3, -0.25) is 10.1 Å². The van der Waals surface area contributed by atoms with Crippen LogP contribution in [0.15, 0.2) is 26.4 Å². The molecule has 0 saturated heterocycles. The van der Waals surface area contributed by atoms with Crippen LogP contribution in [0.5, 0.6) is 0 Å². The van der Waals surface area contributed by atoms with Gasteiger partial charge in [0.2, 0.25) is 5.91 Å². The lowest BCUT2D eigenvalue weighted by molar-refractivity contribution is -0.117. The normalized spacial score (nSPS) is 10.4. The second-order valence-corrected chi connectivity index (χ2v) is 4.39. The average molecular weight is 282 g/mol. The standard InChI is InChI=1S/C10H10N4O4S/c1-5-6(2-3-17-5)8-13-14-10(18-8)19-4-7(15)12-9(11)16/h2-3H,4H2,1H3,(H3,11,12,15,16). The van der Waals surface area contributed by atoms with Gasteiger partial charge in [0.15, 0.2) is 0 Å². The monoisotopic (exact) mass is 282 g/mol. The van der Waals surface area contributed by atoms with E-state index in [4.69, 9.17) is 14.6 Å². The number of amides is 3. The quantitative estimate of drug-likeness (QED) is 0.799. The molecule has 0 radical (unpaired) electrons. The van der Waals surface area contributed by atoms with Crippen LogP contribution >= 0.6 is 11.8 Å². The minimum Gasteiger partial charge on any atom is -0.469 e. The van der Waals surface area contributed by atoms with E-state index in [1.54, 1.807) is 13.0 Å². The van der Waals surface area contributed by atoms with Crippen LogP contribution in [0.2, 0.25) is 0 Å². The number of carbonyl (C=O) groups is 2. The zero-order valence-corrected chi connectivity index (χ0v) is 10.7. The number of thioether (sulfide) groups is 1. The van der Waals surface area contributed by atoms with Crippen molar-refractivity contribution in [1.29, 1.82) is 0 Å². The molecule has 2 aromatic rings. The van der Waals surface area contributed by atoms with Gasteiger partial charge >= 0.3 is 6.03 Å². The molecule has 0 aliphatic rings. The van der Waals surface area contributed by atoms with Gasteiger partial charge in [0, 0.05) is 0 Å². The average Bonchev–Trinajstić information content (AvgIpc) is 2.93. The van der Waals surface area contributed by atoms with Crippen molar-refractivity contribution >= 4 is 23.7 Å². The van der Waals surface area contributed by atoms with Crippen LogP contribution in [0.3, 0.4) is 0 Å². The summed E-state index contributed by atoms with van der Waals surface area (Å²) in [5.74, 6) is 0.391. The summed E-state index contributed by atoms with van der Waals surface area (Å²) < 4.78 is 10.5. The summed E-state index contributed by atoms with van der Waals surface area (Å²) in [5.41, 5.74) is 5.50. The van der Waals surface area contributed by atoms with E-state index in [1.807, 2.05) is 5.32 Å². The van der Waals surface area contributed by atoms with Crippen LogP contribution in [0.4, 0.5) is 4.79 Å². The van der Waals surface area contributed by atoms with Crippen LogP contribution < -0.4 is 11.1 Å². The Morgan fingerprint density at radius 1 is 1.47 bits per heavy atom. The first-order valence-electron chi connectivity index (χ1n) is 5.16. The second kappa shape index (κ2) is 5.57. The number of carbonyl (C=O) groups excluding carboxylic acids is 2. The van der Waals surface area contributed by atoms with Gasteiger partial charge in [-0.25, -0.2) is 4.79 Å². The van der Waals surface area contributed by atoms with Crippen LogP contribution in [-0.2, 0) is 4.79 Å². The van der Waals surface area contributed by atoms with Gasteiger partial charge in [0.25, 0.3) is 11.1 Å². The van der Waals surface area contributed by atoms with Gasteiger partial charge in [-0.2, -0.15) is 0 Å². The Labute approximate surface area is 111 Å². The van der Waals surface area contributed by atoms with Gasteiger partial charge in [-0.15, -0.1) is 10.2 Å². The van der Waals surface area contributed by atoms with E-state index in [1.165, 1.54) is 6.26 Å². The molecule has 0 aliphatic carbocycles. The number of nitrogens with zero attached hydrogens (tertiary/aromatic N) is 2. The van der Waals surface area contributed by atoms with Crippen molar-refractivity contribution < 1.29 is 18.4 Å². The molecule has 0 spiro atoms. The third-order valence-electron chi connectivity index (χ3n) is 2.09. The molecule has 0 atom stereocenters. The maximum Gasteiger partial charge on any atom is 0.318 e. The largest absolute Gasteiger partial charge is 0.469 e. The predicted molar refractivity (Wildman–Crippen MR) is 65.2 cm³/mol. The summed E-state index contributed by atoms with van der Waals surface area (Å²) in [6.07, 6.45) is 1.52. The van der Waals surface area contributed by atoms with Crippen LogP contribution in [0, 0.1) is 6.92 Å². The number of aromatic nitrogens is 2. The van der Waals surface area contributed by atoms with Gasteiger partial charge in [0.1, 0.15) is 5.76 Å². The number of rotatable bonds is 4. The number of aryl methyl sites for hydroxylation is 1. The van der Waals surface area contributed by atoms with Gasteiger partial charge in [-0.05, 0) is 13.0 Å². The smallest absolute Gasteiger partial charge is 0.318 e. The number of imide groups is 1. The lowest BCUT2D eigenvalue weighted by Gasteiger charge is -1.97. The molecule has 0 aliphatic heterocycles. The summed E-state index contributed by atoms with van der Waals surface area (Å²) in [7, 11) is 0. The van der Waals surface area contributed by atoms with E-state index in [0.717, 1.165) is 11.8 Å². The Hall–Kier alpha value is -2.29. The van der Waals surface area contributed by atoms with Gasteiger partial charge in [0.05, 0.1) is 17.6 Å². The van der Waals surface area contributed by atoms with Crippen LogP contribution in [-0.4, -0.2) is 27.9 Å². The Kier molecular flexibility index (Phi) is 3.85. The first-order valence-corrected chi connectivity index (χ1v) is 6.15. The van der Waals surface area contributed by atoms with Crippen molar-refractivity contribution in [2.45, 2.75) is 12.1 Å². The maximum absolute atomic E-state index is 11.2. The molecule has 3 N–H and O–H groups in total. The Morgan fingerprint density at radius 2 is 2.26 bits per heavy atom. The molecule has 19 heavy (non-hydrogen) atoms. The van der Waals surface area contributed by atoms with E-state index in [-0.39, 0.29) is 11.0 Å². The lowest BCUT2D eigenvalue weighted by atomic mass is 10.3. The first-order chi connectivity index (χ1) is 9.06. The van der Waals surface area contributed by atoms with E-state index in [9.17, 15) is 9.59 Å². The molecule has 0 unspecified atom stereocenters. The molecule has 0 fully saturated rings. The van der Waals surface area contributed by atoms with E-state index >= 15 is 0 Å². The van der Waals surface area contributed by atoms with Crippen molar-refractivity contribution in [3.8, 4) is 11.5 Å². The number of furan rings is 1. The molecular weight excluding hydrogens is 272 g/mol. The number of hydrogen-bond acceptors (Lipinski definition) is 7. The highest BCUT2D eigenvalue weighted by Gasteiger charge is 2.14. The number of urea groups is 1. The van der Waals surface area contributed by atoms with E-state index in [2.05, 4.69) is 10.2 Å². The lowest BCUT2D eigenvalue weighted by Crippen LogP contribution is -2.36. The molecule has 0 saturated carbocycles. The fourth-order valence-corrected chi connectivity index (χ4v) is 1.85. The molecule has 100 valence electrons. The predicted octanol–water partition coefficient (Wildman–Crippen LogP) is 0.925. The van der Waals surface area contributed by atoms with Crippen LogP contribution in [0.25, 0.3) is 11.5 Å². The third-order valence-corrected chi connectivity index (χ3v) is 2.90.